The van der Waals surface area contributed by atoms with E-state index >= 15 is 0 Å². The molecule has 24 heteroatoms. The highest BCUT2D eigenvalue weighted by atomic mass is 32.2. The molecule has 0 aliphatic carbocycles. The highest BCUT2D eigenvalue weighted by Gasteiger charge is 2.47. The first-order valence-electron chi connectivity index (χ1n) is 18.2. The molecule has 0 radical (unpaired) electrons. The normalized spacial score (nSPS) is 16.7. The summed E-state index contributed by atoms with van der Waals surface area (Å²) in [4.78, 5) is 41.3. The number of rotatable bonds is 21. The van der Waals surface area contributed by atoms with Gasteiger partial charge >= 0.3 is 5.97 Å². The van der Waals surface area contributed by atoms with Gasteiger partial charge in [0.2, 0.25) is 5.69 Å². The van der Waals surface area contributed by atoms with E-state index in [1.165, 1.54) is 18.2 Å². The maximum atomic E-state index is 13.8. The van der Waals surface area contributed by atoms with Gasteiger partial charge in [0.1, 0.15) is 6.54 Å². The second-order valence-corrected chi connectivity index (χ2v) is 20.3. The summed E-state index contributed by atoms with van der Waals surface area (Å²) < 4.78 is 104. The van der Waals surface area contributed by atoms with E-state index in [-0.39, 0.29) is 54.9 Å². The van der Waals surface area contributed by atoms with Crippen LogP contribution in [0.2, 0.25) is 0 Å². The van der Waals surface area contributed by atoms with Crippen molar-refractivity contribution in [3.8, 4) is 0 Å². The summed E-state index contributed by atoms with van der Waals surface area (Å²) in [6, 6.07) is 7.51. The van der Waals surface area contributed by atoms with Crippen LogP contribution in [0, 0.1) is 0 Å². The summed E-state index contributed by atoms with van der Waals surface area (Å²) in [6.07, 6.45) is 4.89. The van der Waals surface area contributed by atoms with Gasteiger partial charge in [-0.05, 0) is 44.5 Å². The monoisotopic (exact) mass is 919 g/mol. The number of carbonyl (C=O) groups is 3. The molecule has 0 spiro atoms. The zero-order chi connectivity index (χ0) is 44.8. The number of anilines is 1. The fraction of sp³-hybridized carbons (Fsp3) is 0.444. The van der Waals surface area contributed by atoms with Crippen LogP contribution in [-0.4, -0.2) is 127 Å². The number of hydrogen-bond acceptors (Lipinski definition) is 14. The average Bonchev–Trinajstić information content (AvgIpc) is 3.47. The minimum absolute atomic E-state index is 0.0113. The average molecular weight is 920 g/mol. The number of amides is 2. The van der Waals surface area contributed by atoms with Crippen molar-refractivity contribution in [3.63, 3.8) is 0 Å². The quantitative estimate of drug-likeness (QED) is 0.0236. The standard InChI is InChI=1S/C36H46N4O16S4/c1-35(2)28(39(15-7-18-58(46,47)48)26-10-5-9-24(30(26)35)34(43)44)11-6-12-29-36(3,4)31-25(33(42)38-14-20-60(52,53)54)21-23(32(41)37-13-17-57-56-55-45)22-27(31)40(29)16-8-19-59(49,50)51/h5-6,9-12,21-22H,7-8,13-20H2,1-4H3,(H6-,37,38,41,42,43,44,45,46,47,48,49,50,51,52,53,54)/p+1. The van der Waals surface area contributed by atoms with Crippen molar-refractivity contribution in [1.82, 2.24) is 10.6 Å². The Labute approximate surface area is 351 Å². The number of benzene rings is 2. The van der Waals surface area contributed by atoms with Crippen molar-refractivity contribution in [2.45, 2.75) is 51.4 Å². The molecule has 2 aliphatic rings. The van der Waals surface area contributed by atoms with E-state index in [0.717, 1.165) is 0 Å². The summed E-state index contributed by atoms with van der Waals surface area (Å²) in [7, 11) is -13.2. The lowest BCUT2D eigenvalue weighted by atomic mass is 9.78. The fourth-order valence-electron chi connectivity index (χ4n) is 7.47. The third kappa shape index (κ3) is 12.0. The maximum absolute atomic E-state index is 13.8. The minimum atomic E-state index is -4.46. The molecule has 2 heterocycles. The third-order valence-electron chi connectivity index (χ3n) is 9.86. The van der Waals surface area contributed by atoms with E-state index in [1.807, 2.05) is 0 Å². The number of carboxylic acid groups (broad SMARTS) is 1. The molecule has 0 fully saturated rings. The Morgan fingerprint density at radius 1 is 0.833 bits per heavy atom. The summed E-state index contributed by atoms with van der Waals surface area (Å²) in [5, 5.41) is 27.1. The second-order valence-electron chi connectivity index (χ2n) is 14.8. The molecule has 60 heavy (non-hydrogen) atoms. The molecule has 0 saturated carbocycles. The Hall–Kier alpha value is -4.24. The summed E-state index contributed by atoms with van der Waals surface area (Å²) in [5.74, 6) is -4.50. The van der Waals surface area contributed by atoms with Crippen LogP contribution in [0.4, 0.5) is 11.4 Å². The number of nitrogens with zero attached hydrogens (tertiary/aromatic N) is 2. The van der Waals surface area contributed by atoms with Crippen molar-refractivity contribution < 1.29 is 77.6 Å². The molecule has 2 aromatic rings. The first kappa shape index (κ1) is 48.4. The smallest absolute Gasteiger partial charge is 0.336 e. The number of nitrogens with one attached hydrogen (secondary N) is 2. The van der Waals surface area contributed by atoms with Gasteiger partial charge in [0.15, 0.2) is 5.71 Å². The highest BCUT2D eigenvalue weighted by Crippen LogP contribution is 2.50. The topological polar surface area (TPSA) is 304 Å². The van der Waals surface area contributed by atoms with Crippen LogP contribution in [-0.2, 0) is 50.6 Å². The number of carbonyl (C=O) groups excluding carboxylic acids is 2. The Morgan fingerprint density at radius 3 is 2.08 bits per heavy atom. The van der Waals surface area contributed by atoms with Crippen LogP contribution in [0.25, 0.3) is 0 Å². The number of allylic oxidation sites excluding steroid dienone is 4. The summed E-state index contributed by atoms with van der Waals surface area (Å²) in [6.45, 7) is 6.66. The van der Waals surface area contributed by atoms with Crippen LogP contribution < -0.4 is 15.5 Å². The maximum Gasteiger partial charge on any atom is 0.336 e. The number of hydrogen-bond donors (Lipinski definition) is 7. The molecule has 7 N–H and O–H groups in total. The number of aromatic carboxylic acids is 1. The molecular formula is C36H47N4O16S4+. The van der Waals surface area contributed by atoms with Gasteiger partial charge < -0.3 is 20.6 Å². The fourth-order valence-corrected chi connectivity index (χ4v) is 9.11. The summed E-state index contributed by atoms with van der Waals surface area (Å²) in [5.41, 5.74) is 0.589. The second kappa shape index (κ2) is 19.2. The van der Waals surface area contributed by atoms with Gasteiger partial charge in [-0.2, -0.15) is 29.8 Å². The van der Waals surface area contributed by atoms with Crippen LogP contribution in [0.5, 0.6) is 0 Å². The van der Waals surface area contributed by atoms with E-state index < -0.39 is 82.8 Å². The van der Waals surface area contributed by atoms with Crippen LogP contribution in [0.1, 0.15) is 82.7 Å². The zero-order valence-electron chi connectivity index (χ0n) is 32.9. The van der Waals surface area contributed by atoms with Gasteiger partial charge in [-0.3, -0.25) is 23.2 Å². The van der Waals surface area contributed by atoms with E-state index in [2.05, 4.69) is 20.0 Å². The van der Waals surface area contributed by atoms with E-state index in [9.17, 15) is 58.4 Å². The molecular weight excluding hydrogens is 873 g/mol. The molecule has 2 amide bonds. The molecule has 0 bridgehead atoms. The Morgan fingerprint density at radius 2 is 1.47 bits per heavy atom. The molecule has 4 rings (SSSR count). The van der Waals surface area contributed by atoms with Gasteiger partial charge in [0, 0.05) is 89.5 Å². The lowest BCUT2D eigenvalue weighted by molar-refractivity contribution is -0.437. The molecule has 0 saturated heterocycles. The predicted octanol–water partition coefficient (Wildman–Crippen LogP) is 2.97. The Kier molecular flexibility index (Phi) is 15.5. The van der Waals surface area contributed by atoms with Crippen LogP contribution >= 0.6 is 12.0 Å². The number of carboxylic acids is 1. The third-order valence-corrected chi connectivity index (χ3v) is 12.7. The van der Waals surface area contributed by atoms with Gasteiger partial charge in [-0.25, -0.2) is 10.1 Å². The minimum Gasteiger partial charge on any atom is -0.478 e. The first-order valence-corrected chi connectivity index (χ1v) is 23.9. The van der Waals surface area contributed by atoms with E-state index in [1.54, 1.807) is 67.5 Å². The lowest BCUT2D eigenvalue weighted by Gasteiger charge is -2.27. The predicted molar refractivity (Wildman–Crippen MR) is 221 cm³/mol. The zero-order valence-corrected chi connectivity index (χ0v) is 36.2. The van der Waals surface area contributed by atoms with E-state index in [4.69, 9.17) is 5.26 Å². The van der Waals surface area contributed by atoms with Crippen molar-refractivity contribution in [2.75, 3.05) is 54.1 Å². The summed E-state index contributed by atoms with van der Waals surface area (Å²) >= 11 is 0.683. The SMILES string of the molecule is CC1(C)C(/C=C/C=C2/N(CCCS(=O)(=O)O)c3cc(C(=O)NCCSOOO)cc(C(=O)NCCS(=O)(=O)O)c3C2(C)C)=[N+](CCCS(=O)(=O)O)c2cccc(C(=O)O)c21. The van der Waals surface area contributed by atoms with Gasteiger partial charge in [-0.15, -0.1) is 4.33 Å². The Bertz CT molecular complexity index is 2450. The van der Waals surface area contributed by atoms with Crippen molar-refractivity contribution in [1.29, 1.82) is 0 Å². The van der Waals surface area contributed by atoms with Crippen LogP contribution in [0.3, 0.4) is 0 Å². The largest absolute Gasteiger partial charge is 0.478 e. The molecule has 20 nitrogen and oxygen atoms in total. The molecule has 330 valence electrons. The molecule has 0 unspecified atom stereocenters. The molecule has 0 atom stereocenters. The highest BCUT2D eigenvalue weighted by molar-refractivity contribution is 7.94. The number of fused-ring (bicyclic) bond motifs is 2. The van der Waals surface area contributed by atoms with Crippen molar-refractivity contribution >= 4 is 77.3 Å². The van der Waals surface area contributed by atoms with E-state index in [0.29, 0.717) is 46.0 Å². The first-order chi connectivity index (χ1) is 27.8. The van der Waals surface area contributed by atoms with Crippen molar-refractivity contribution in [3.05, 3.63) is 82.1 Å². The molecule has 2 aliphatic heterocycles. The van der Waals surface area contributed by atoms with Crippen LogP contribution in [0.15, 0.2) is 54.3 Å². The molecule has 0 aromatic heterocycles. The van der Waals surface area contributed by atoms with Gasteiger partial charge in [0.05, 0.1) is 33.8 Å². The lowest BCUT2D eigenvalue weighted by Crippen LogP contribution is -2.32. The molecule has 2 aromatic carbocycles. The van der Waals surface area contributed by atoms with Gasteiger partial charge in [-0.1, -0.05) is 31.0 Å². The Balaban J connectivity index is 1.89. The van der Waals surface area contributed by atoms with Gasteiger partial charge in [0.25, 0.3) is 42.2 Å². The van der Waals surface area contributed by atoms with Crippen molar-refractivity contribution in [2.24, 2.45) is 0 Å².